The number of phosphoric acid groups is 1. The zero-order chi connectivity index (χ0) is 48.7. The van der Waals surface area contributed by atoms with Crippen LogP contribution in [0.5, 0.6) is 0 Å². The lowest BCUT2D eigenvalue weighted by molar-refractivity contribution is -0.220. The van der Waals surface area contributed by atoms with Gasteiger partial charge >= 0.3 is 19.8 Å². The van der Waals surface area contributed by atoms with Crippen LogP contribution in [-0.4, -0.2) is 110 Å². The van der Waals surface area contributed by atoms with Gasteiger partial charge in [0.1, 0.15) is 43.2 Å². The van der Waals surface area contributed by atoms with Gasteiger partial charge in [0.2, 0.25) is 0 Å². The van der Waals surface area contributed by atoms with Crippen LogP contribution in [0.15, 0.2) is 60.8 Å². The fraction of sp³-hybridized carbons (Fsp3) is 0.765. The third-order valence-corrected chi connectivity index (χ3v) is 12.4. The van der Waals surface area contributed by atoms with E-state index in [1.807, 2.05) is 12.2 Å². The molecule has 0 spiro atoms. The summed E-state index contributed by atoms with van der Waals surface area (Å²) >= 11 is 0. The van der Waals surface area contributed by atoms with E-state index < -0.39 is 81.8 Å². The first-order valence-electron chi connectivity index (χ1n) is 25.2. The molecule has 9 atom stereocenters. The molecule has 1 saturated carbocycles. The molecule has 1 fully saturated rings. The molecule has 1 aliphatic carbocycles. The van der Waals surface area contributed by atoms with Gasteiger partial charge in [-0.15, -0.1) is 0 Å². The summed E-state index contributed by atoms with van der Waals surface area (Å²) in [4.78, 5) is 35.8. The van der Waals surface area contributed by atoms with Crippen LogP contribution in [0.4, 0.5) is 0 Å². The molecule has 1 rings (SSSR count). The van der Waals surface area contributed by atoms with Crippen LogP contribution in [0.3, 0.4) is 0 Å². The van der Waals surface area contributed by atoms with Crippen LogP contribution >= 0.6 is 7.82 Å². The summed E-state index contributed by atoms with van der Waals surface area (Å²) < 4.78 is 33.5. The van der Waals surface area contributed by atoms with Gasteiger partial charge in [0.05, 0.1) is 12.7 Å². The molecule has 0 bridgehead atoms. The molecule has 4 unspecified atom stereocenters. The minimum absolute atomic E-state index is 0.0506. The van der Waals surface area contributed by atoms with Gasteiger partial charge in [0, 0.05) is 12.8 Å². The van der Waals surface area contributed by atoms with E-state index in [0.29, 0.717) is 19.3 Å². The molecule has 0 aromatic carbocycles. The summed E-state index contributed by atoms with van der Waals surface area (Å²) in [6.45, 7) is 3.11. The Bertz CT molecular complexity index is 1400. The summed E-state index contributed by atoms with van der Waals surface area (Å²) in [5, 5.41) is 60.6. The minimum atomic E-state index is -5.17. The number of carbonyl (C=O) groups excluding carboxylic acids is 2. The molecule has 0 aromatic rings. The van der Waals surface area contributed by atoms with E-state index in [1.165, 1.54) is 89.9 Å². The number of ether oxygens (including phenoxy) is 2. The third kappa shape index (κ3) is 32.3. The fourth-order valence-electron chi connectivity index (χ4n) is 7.33. The van der Waals surface area contributed by atoms with Gasteiger partial charge in [0.25, 0.3) is 0 Å². The molecule has 0 heterocycles. The Labute approximate surface area is 396 Å². The summed E-state index contributed by atoms with van der Waals surface area (Å²) in [5.74, 6) is -1.30. The second-order valence-electron chi connectivity index (χ2n) is 17.5. The standard InChI is InChI=1S/C51H89O14P/c1-3-5-7-9-11-13-15-17-18-19-20-21-22-24-26-28-30-32-34-38-45(54)64-43(41-63-66(60,61)65-51-49(58)47(56)46(55)48(57)50(51)59)40-62-44(53)39-35-37-42(52)36-33-31-29-27-25-23-16-14-12-10-8-6-4-2/h11,13,17-18,23,25,29,31,33,36,42-43,46-52,55-59H,3-10,12,14-16,19-22,24,26-28,30,32,34-35,37-41H2,1-2H3,(H,60,61)/b13-11-,18-17-,25-23+,31-29+,36-33+/t42?,43-,46?,47-,48+,49-,50-,51?/m1/s1. The van der Waals surface area contributed by atoms with Crippen molar-refractivity contribution in [2.75, 3.05) is 13.2 Å². The molecule has 1 aliphatic rings. The number of allylic oxidation sites excluding steroid dienone is 9. The van der Waals surface area contributed by atoms with E-state index >= 15 is 0 Å². The zero-order valence-electron chi connectivity index (χ0n) is 40.3. The van der Waals surface area contributed by atoms with Gasteiger partial charge in [-0.1, -0.05) is 164 Å². The largest absolute Gasteiger partial charge is 0.472 e. The Kier molecular flexibility index (Phi) is 37.7. The van der Waals surface area contributed by atoms with Crippen molar-refractivity contribution in [3.8, 4) is 0 Å². The Morgan fingerprint density at radius 1 is 0.545 bits per heavy atom. The first-order valence-corrected chi connectivity index (χ1v) is 26.7. The molecule has 14 nitrogen and oxygen atoms in total. The van der Waals surface area contributed by atoms with Crippen LogP contribution in [0, 0.1) is 0 Å². The lowest BCUT2D eigenvalue weighted by atomic mass is 9.85. The van der Waals surface area contributed by atoms with Gasteiger partial charge in [-0.05, 0) is 70.6 Å². The maximum Gasteiger partial charge on any atom is 0.472 e. The number of carbonyl (C=O) groups is 2. The van der Waals surface area contributed by atoms with Crippen LogP contribution in [0.1, 0.15) is 187 Å². The SMILES string of the molecule is CCCCC/C=C\C/C=C\CCCCCCCCCCCC(=O)O[C@H](COC(=O)CCCC(O)/C=C/C=C/C/C=C/CCCCCCCC)COP(=O)(O)OC1[C@H](O)[C@H](O)C(O)[C@H](O)[C@H]1O. The molecule has 66 heavy (non-hydrogen) atoms. The van der Waals surface area contributed by atoms with E-state index in [1.54, 1.807) is 12.2 Å². The quantitative estimate of drug-likeness (QED) is 0.00996. The average Bonchev–Trinajstić information content (AvgIpc) is 3.29. The number of unbranched alkanes of at least 4 members (excludes halogenated alkanes) is 18. The monoisotopic (exact) mass is 957 g/mol. The molecule has 0 aliphatic heterocycles. The number of hydrogen-bond acceptors (Lipinski definition) is 13. The molecular weight excluding hydrogens is 868 g/mol. The number of esters is 2. The van der Waals surface area contributed by atoms with E-state index in [4.69, 9.17) is 18.5 Å². The van der Waals surface area contributed by atoms with Gasteiger partial charge in [-0.2, -0.15) is 0 Å². The number of hydrogen-bond donors (Lipinski definition) is 7. The van der Waals surface area contributed by atoms with Gasteiger partial charge in [-0.25, -0.2) is 4.57 Å². The lowest BCUT2D eigenvalue weighted by Crippen LogP contribution is -2.64. The molecule has 7 N–H and O–H groups in total. The number of aliphatic hydroxyl groups excluding tert-OH is 6. The predicted octanol–water partition coefficient (Wildman–Crippen LogP) is 9.48. The Morgan fingerprint density at radius 2 is 1.00 bits per heavy atom. The second-order valence-corrected chi connectivity index (χ2v) is 18.9. The molecule has 0 saturated heterocycles. The van der Waals surface area contributed by atoms with Crippen LogP contribution in [0.2, 0.25) is 0 Å². The number of phosphoric ester groups is 1. The van der Waals surface area contributed by atoms with Crippen molar-refractivity contribution >= 4 is 19.8 Å². The van der Waals surface area contributed by atoms with E-state index in [9.17, 15) is 49.7 Å². The minimum Gasteiger partial charge on any atom is -0.462 e. The van der Waals surface area contributed by atoms with Crippen molar-refractivity contribution in [3.63, 3.8) is 0 Å². The highest BCUT2D eigenvalue weighted by atomic mass is 31.2. The van der Waals surface area contributed by atoms with Crippen molar-refractivity contribution in [2.24, 2.45) is 0 Å². The van der Waals surface area contributed by atoms with Crippen LogP contribution in [-0.2, 0) is 32.7 Å². The van der Waals surface area contributed by atoms with Gasteiger partial charge < -0.3 is 45.0 Å². The smallest absolute Gasteiger partial charge is 0.462 e. The highest BCUT2D eigenvalue weighted by Gasteiger charge is 2.51. The molecule has 0 aromatic heterocycles. The molecule has 0 amide bonds. The fourth-order valence-corrected chi connectivity index (χ4v) is 8.30. The summed E-state index contributed by atoms with van der Waals surface area (Å²) in [6, 6.07) is 0. The summed E-state index contributed by atoms with van der Waals surface area (Å²) in [6.07, 6.45) is 32.8. The Morgan fingerprint density at radius 3 is 1.56 bits per heavy atom. The van der Waals surface area contributed by atoms with Crippen molar-refractivity contribution in [1.29, 1.82) is 0 Å². The van der Waals surface area contributed by atoms with Crippen LogP contribution < -0.4 is 0 Å². The average molecular weight is 957 g/mol. The molecule has 15 heteroatoms. The molecule has 0 radical (unpaired) electrons. The van der Waals surface area contributed by atoms with E-state index in [-0.39, 0.29) is 12.8 Å². The number of rotatable bonds is 41. The third-order valence-electron chi connectivity index (χ3n) is 11.4. The molecule has 382 valence electrons. The number of aliphatic hydroxyl groups is 6. The predicted molar refractivity (Wildman–Crippen MR) is 259 cm³/mol. The second kappa shape index (κ2) is 40.4. The lowest BCUT2D eigenvalue weighted by Gasteiger charge is -2.41. The topological polar surface area (TPSA) is 230 Å². The first-order chi connectivity index (χ1) is 31.8. The summed E-state index contributed by atoms with van der Waals surface area (Å²) in [5.41, 5.74) is 0. The van der Waals surface area contributed by atoms with E-state index in [0.717, 1.165) is 51.4 Å². The first kappa shape index (κ1) is 61.5. The van der Waals surface area contributed by atoms with Crippen molar-refractivity contribution in [1.82, 2.24) is 0 Å². The zero-order valence-corrected chi connectivity index (χ0v) is 41.2. The molecular formula is C51H89O14P. The Hall–Kier alpha value is -2.49. The highest BCUT2D eigenvalue weighted by molar-refractivity contribution is 7.47. The van der Waals surface area contributed by atoms with Gasteiger partial charge in [0.15, 0.2) is 6.10 Å². The highest BCUT2D eigenvalue weighted by Crippen LogP contribution is 2.47. The maximum atomic E-state index is 12.8. The van der Waals surface area contributed by atoms with E-state index in [2.05, 4.69) is 50.3 Å². The van der Waals surface area contributed by atoms with Crippen LogP contribution in [0.25, 0.3) is 0 Å². The van der Waals surface area contributed by atoms with Gasteiger partial charge in [-0.3, -0.25) is 18.6 Å². The normalized spacial score (nSPS) is 22.3. The van der Waals surface area contributed by atoms with Crippen molar-refractivity contribution < 1.29 is 68.2 Å². The van der Waals surface area contributed by atoms with Crippen molar-refractivity contribution in [3.05, 3.63) is 60.8 Å². The summed E-state index contributed by atoms with van der Waals surface area (Å²) in [7, 11) is -5.17. The Balaban J connectivity index is 2.50. The van der Waals surface area contributed by atoms with Crippen molar-refractivity contribution in [2.45, 2.75) is 236 Å². The maximum absolute atomic E-state index is 12.8.